The van der Waals surface area contributed by atoms with E-state index in [1.165, 1.54) is 5.56 Å². The molecule has 0 aromatic heterocycles. The van der Waals surface area contributed by atoms with Gasteiger partial charge in [0.25, 0.3) is 0 Å². The summed E-state index contributed by atoms with van der Waals surface area (Å²) in [5.41, 5.74) is 3.53. The third-order valence-corrected chi connectivity index (χ3v) is 4.79. The minimum atomic E-state index is 0.517. The molecule has 0 saturated heterocycles. The van der Waals surface area contributed by atoms with E-state index >= 15 is 0 Å². The topological polar surface area (TPSA) is 39.7 Å². The second-order valence-corrected chi connectivity index (χ2v) is 7.18. The van der Waals surface area contributed by atoms with E-state index in [4.69, 9.17) is 14.2 Å². The first-order valence-corrected chi connectivity index (χ1v) is 10.3. The molecule has 0 saturated carbocycles. The maximum absolute atomic E-state index is 6.04. The highest BCUT2D eigenvalue weighted by molar-refractivity contribution is 9.10. The van der Waals surface area contributed by atoms with Crippen molar-refractivity contribution in [1.82, 2.24) is 5.32 Å². The summed E-state index contributed by atoms with van der Waals surface area (Å²) < 4.78 is 18.2. The van der Waals surface area contributed by atoms with E-state index in [-0.39, 0.29) is 0 Å². The molecule has 4 nitrogen and oxygen atoms in total. The van der Waals surface area contributed by atoms with Crippen LogP contribution in [0.3, 0.4) is 0 Å². The van der Waals surface area contributed by atoms with Crippen LogP contribution in [-0.4, -0.2) is 26.4 Å². The zero-order valence-corrected chi connectivity index (χ0v) is 18.1. The molecule has 5 heteroatoms. The second-order valence-electron chi connectivity index (χ2n) is 6.33. The number of halogens is 1. The molecule has 0 spiro atoms. The fourth-order valence-corrected chi connectivity index (χ4v) is 3.19. The number of ether oxygens (including phenoxy) is 3. The molecule has 0 unspecified atom stereocenters. The highest BCUT2D eigenvalue weighted by Crippen LogP contribution is 2.34. The van der Waals surface area contributed by atoms with Crippen LogP contribution in [0.2, 0.25) is 0 Å². The molecule has 2 aromatic carbocycles. The molecule has 0 aliphatic heterocycles. The summed E-state index contributed by atoms with van der Waals surface area (Å²) in [5.74, 6) is 1.53. The van der Waals surface area contributed by atoms with Crippen molar-refractivity contribution in [1.29, 1.82) is 0 Å². The Balaban J connectivity index is 1.99. The summed E-state index contributed by atoms with van der Waals surface area (Å²) in [7, 11) is 0. The Morgan fingerprint density at radius 1 is 1.00 bits per heavy atom. The highest BCUT2D eigenvalue weighted by Gasteiger charge is 2.11. The van der Waals surface area contributed by atoms with Crippen LogP contribution in [0.1, 0.15) is 37.0 Å². The quantitative estimate of drug-likeness (QED) is 0.462. The first-order chi connectivity index (χ1) is 13.1. The fraction of sp³-hybridized carbons (Fsp3) is 0.455. The summed E-state index contributed by atoms with van der Waals surface area (Å²) in [4.78, 5) is 0. The lowest BCUT2D eigenvalue weighted by molar-refractivity contribution is 0.144. The van der Waals surface area contributed by atoms with Gasteiger partial charge in [0.15, 0.2) is 11.5 Å². The van der Waals surface area contributed by atoms with Crippen LogP contribution in [0.4, 0.5) is 0 Å². The molecule has 0 heterocycles. The van der Waals surface area contributed by atoms with Crippen molar-refractivity contribution in [2.45, 2.75) is 40.3 Å². The van der Waals surface area contributed by atoms with Crippen molar-refractivity contribution in [3.05, 3.63) is 57.6 Å². The Labute approximate surface area is 171 Å². The average Bonchev–Trinajstić information content (AvgIpc) is 2.65. The third-order valence-electron chi connectivity index (χ3n) is 4.05. The first-order valence-electron chi connectivity index (χ1n) is 9.56. The Kier molecular flexibility index (Phi) is 9.67. The van der Waals surface area contributed by atoms with Gasteiger partial charge in [-0.15, -0.1) is 0 Å². The molecule has 148 valence electrons. The number of nitrogens with one attached hydrogen (secondary N) is 1. The Morgan fingerprint density at radius 3 is 2.56 bits per heavy atom. The molecular weight excluding hydrogens is 406 g/mol. The second kappa shape index (κ2) is 12.0. The minimum absolute atomic E-state index is 0.517. The Morgan fingerprint density at radius 2 is 1.81 bits per heavy atom. The molecule has 2 rings (SSSR count). The summed E-state index contributed by atoms with van der Waals surface area (Å²) in [6.45, 7) is 10.5. The van der Waals surface area contributed by atoms with Gasteiger partial charge in [-0.1, -0.05) is 45.8 Å². The van der Waals surface area contributed by atoms with Gasteiger partial charge in [-0.25, -0.2) is 0 Å². The first kappa shape index (κ1) is 21.7. The highest BCUT2D eigenvalue weighted by atomic mass is 79.9. The van der Waals surface area contributed by atoms with E-state index in [0.29, 0.717) is 13.2 Å². The number of benzene rings is 2. The van der Waals surface area contributed by atoms with Gasteiger partial charge in [0.1, 0.15) is 6.61 Å². The lowest BCUT2D eigenvalue weighted by Gasteiger charge is -2.16. The summed E-state index contributed by atoms with van der Waals surface area (Å²) >= 11 is 3.66. The third kappa shape index (κ3) is 7.53. The van der Waals surface area contributed by atoms with E-state index in [1.54, 1.807) is 0 Å². The van der Waals surface area contributed by atoms with Crippen LogP contribution in [0.25, 0.3) is 0 Å². The number of rotatable bonds is 12. The maximum Gasteiger partial charge on any atom is 0.162 e. The number of aryl methyl sites for hydroxylation is 1. The normalized spacial score (nSPS) is 10.8. The van der Waals surface area contributed by atoms with Crippen molar-refractivity contribution >= 4 is 15.9 Å². The van der Waals surface area contributed by atoms with E-state index in [9.17, 15) is 0 Å². The van der Waals surface area contributed by atoms with Crippen molar-refractivity contribution in [2.24, 2.45) is 0 Å². The minimum Gasteiger partial charge on any atom is -0.490 e. The molecule has 0 radical (unpaired) electrons. The summed E-state index contributed by atoms with van der Waals surface area (Å²) in [6.07, 6.45) is 1.00. The SMILES string of the molecule is CCOCCCNCc1cc(OCC)c(OCc2cccc(C)c2)cc1Br. The van der Waals surface area contributed by atoms with Gasteiger partial charge >= 0.3 is 0 Å². The van der Waals surface area contributed by atoms with Gasteiger partial charge in [-0.3, -0.25) is 0 Å². The molecule has 0 bridgehead atoms. The molecule has 0 aliphatic carbocycles. The van der Waals surface area contributed by atoms with Crippen LogP contribution in [0.15, 0.2) is 40.9 Å². The Bertz CT molecular complexity index is 706. The van der Waals surface area contributed by atoms with Crippen LogP contribution >= 0.6 is 15.9 Å². The average molecular weight is 436 g/mol. The molecule has 2 aromatic rings. The van der Waals surface area contributed by atoms with Gasteiger partial charge in [-0.2, -0.15) is 0 Å². The van der Waals surface area contributed by atoms with Crippen LogP contribution in [-0.2, 0) is 17.9 Å². The van der Waals surface area contributed by atoms with Gasteiger partial charge in [0.2, 0.25) is 0 Å². The fourth-order valence-electron chi connectivity index (χ4n) is 2.72. The zero-order chi connectivity index (χ0) is 19.5. The number of hydrogen-bond acceptors (Lipinski definition) is 4. The summed E-state index contributed by atoms with van der Waals surface area (Å²) in [6, 6.07) is 12.4. The van der Waals surface area contributed by atoms with Crippen molar-refractivity contribution in [2.75, 3.05) is 26.4 Å². The lowest BCUT2D eigenvalue weighted by atomic mass is 10.1. The molecule has 0 atom stereocenters. The van der Waals surface area contributed by atoms with E-state index in [1.807, 2.05) is 26.0 Å². The number of hydrogen-bond donors (Lipinski definition) is 1. The van der Waals surface area contributed by atoms with Crippen molar-refractivity contribution < 1.29 is 14.2 Å². The van der Waals surface area contributed by atoms with Crippen LogP contribution in [0, 0.1) is 6.92 Å². The van der Waals surface area contributed by atoms with Crippen LogP contribution in [0.5, 0.6) is 11.5 Å². The monoisotopic (exact) mass is 435 g/mol. The van der Waals surface area contributed by atoms with Gasteiger partial charge in [0.05, 0.1) is 6.61 Å². The van der Waals surface area contributed by atoms with Crippen LogP contribution < -0.4 is 14.8 Å². The standard InChI is InChI=1S/C22H30BrNO3/c1-4-25-11-7-10-24-15-19-13-21(26-5-2)22(14-20(19)23)27-16-18-9-6-8-17(3)12-18/h6,8-9,12-14,24H,4-5,7,10-11,15-16H2,1-3H3. The molecule has 0 aliphatic rings. The van der Waals surface area contributed by atoms with E-state index in [2.05, 4.69) is 52.4 Å². The molecule has 27 heavy (non-hydrogen) atoms. The predicted octanol–water partition coefficient (Wildman–Crippen LogP) is 5.25. The molecule has 0 amide bonds. The van der Waals surface area contributed by atoms with E-state index in [0.717, 1.165) is 59.8 Å². The van der Waals surface area contributed by atoms with Gasteiger partial charge in [0, 0.05) is 24.2 Å². The predicted molar refractivity (Wildman–Crippen MR) is 114 cm³/mol. The maximum atomic E-state index is 6.04. The van der Waals surface area contributed by atoms with Crippen molar-refractivity contribution in [3.8, 4) is 11.5 Å². The van der Waals surface area contributed by atoms with E-state index < -0.39 is 0 Å². The smallest absolute Gasteiger partial charge is 0.162 e. The largest absolute Gasteiger partial charge is 0.490 e. The zero-order valence-electron chi connectivity index (χ0n) is 16.5. The Hall–Kier alpha value is -1.56. The van der Waals surface area contributed by atoms with Gasteiger partial charge < -0.3 is 19.5 Å². The van der Waals surface area contributed by atoms with Gasteiger partial charge in [-0.05, 0) is 57.0 Å². The molecule has 1 N–H and O–H groups in total. The van der Waals surface area contributed by atoms with Crippen molar-refractivity contribution in [3.63, 3.8) is 0 Å². The molecule has 0 fully saturated rings. The lowest BCUT2D eigenvalue weighted by Crippen LogP contribution is -2.17. The molecular formula is C22H30BrNO3. The summed E-state index contributed by atoms with van der Waals surface area (Å²) in [5, 5.41) is 3.45.